The van der Waals surface area contributed by atoms with Crippen molar-refractivity contribution >= 4 is 5.95 Å². The van der Waals surface area contributed by atoms with Gasteiger partial charge >= 0.3 is 0 Å². The summed E-state index contributed by atoms with van der Waals surface area (Å²) in [6, 6.07) is -0.00815. The number of aliphatic hydroxyl groups excluding tert-OH is 1. The van der Waals surface area contributed by atoms with Gasteiger partial charge < -0.3 is 19.8 Å². The van der Waals surface area contributed by atoms with Crippen LogP contribution in [0.2, 0.25) is 0 Å². The minimum atomic E-state index is -0.310. The maximum atomic E-state index is 9.31. The monoisotopic (exact) mass is 198 g/mol. The van der Waals surface area contributed by atoms with Gasteiger partial charge in [-0.15, -0.1) is 0 Å². The number of aromatic nitrogens is 2. The van der Waals surface area contributed by atoms with Gasteiger partial charge in [-0.2, -0.15) is 4.98 Å². The Balaban J connectivity index is 2.09. The minimum Gasteiger partial charge on any atom is -0.392 e. The van der Waals surface area contributed by atoms with E-state index in [0.717, 1.165) is 0 Å². The lowest BCUT2D eigenvalue weighted by Gasteiger charge is -2.04. The van der Waals surface area contributed by atoms with Gasteiger partial charge in [-0.3, -0.25) is 0 Å². The molecule has 1 aromatic rings. The number of hydrogen-bond donors (Lipinski definition) is 2. The molecule has 0 radical (unpaired) electrons. The molecule has 2 atom stereocenters. The van der Waals surface area contributed by atoms with Crippen molar-refractivity contribution in [1.29, 1.82) is 0 Å². The number of nitrogens with one attached hydrogen (secondary N) is 1. The second-order valence-electron chi connectivity index (χ2n) is 3.68. The van der Waals surface area contributed by atoms with Crippen LogP contribution in [0.4, 0.5) is 5.95 Å². The van der Waals surface area contributed by atoms with Crippen molar-refractivity contribution in [3.05, 3.63) is 5.89 Å². The van der Waals surface area contributed by atoms with Gasteiger partial charge in [0.2, 0.25) is 5.89 Å². The summed E-state index contributed by atoms with van der Waals surface area (Å²) in [6.07, 6.45) is 0.324. The molecule has 0 amide bonds. The molecule has 1 aliphatic heterocycles. The van der Waals surface area contributed by atoms with Crippen LogP contribution >= 0.6 is 0 Å². The standard InChI is InChI=1S/C8H14N4O2/c1-12(2)8-10-7(14-11-8)6-3-5(13)4-9-6/h5-6,9,13H,3-4H2,1-2H3/t5?,6-/m0/s1. The first-order chi connectivity index (χ1) is 6.66. The summed E-state index contributed by atoms with van der Waals surface area (Å²) in [7, 11) is 3.71. The van der Waals surface area contributed by atoms with E-state index >= 15 is 0 Å². The summed E-state index contributed by atoms with van der Waals surface area (Å²) in [6.45, 7) is 0.588. The van der Waals surface area contributed by atoms with Crippen LogP contribution in [0.1, 0.15) is 18.4 Å². The zero-order valence-electron chi connectivity index (χ0n) is 8.27. The third-order valence-electron chi connectivity index (χ3n) is 2.24. The Hall–Kier alpha value is -1.14. The number of anilines is 1. The largest absolute Gasteiger partial charge is 0.392 e. The van der Waals surface area contributed by atoms with Crippen LogP contribution in [-0.4, -0.2) is 42.0 Å². The van der Waals surface area contributed by atoms with E-state index in [2.05, 4.69) is 15.5 Å². The van der Waals surface area contributed by atoms with Crippen LogP contribution in [-0.2, 0) is 0 Å². The van der Waals surface area contributed by atoms with Crippen molar-refractivity contribution < 1.29 is 9.63 Å². The molecule has 1 saturated heterocycles. The Morgan fingerprint density at radius 2 is 2.36 bits per heavy atom. The molecule has 1 fully saturated rings. The molecule has 1 aromatic heterocycles. The summed E-state index contributed by atoms with van der Waals surface area (Å²) in [5.41, 5.74) is 0. The number of rotatable bonds is 2. The molecule has 2 heterocycles. The Morgan fingerprint density at radius 3 is 2.86 bits per heavy atom. The predicted octanol–water partition coefficient (Wildman–Crippen LogP) is -0.469. The first-order valence-corrected chi connectivity index (χ1v) is 4.59. The highest BCUT2D eigenvalue weighted by molar-refractivity contribution is 5.24. The van der Waals surface area contributed by atoms with Crippen LogP contribution in [0.5, 0.6) is 0 Å². The molecule has 2 N–H and O–H groups in total. The fraction of sp³-hybridized carbons (Fsp3) is 0.750. The molecule has 6 heteroatoms. The lowest BCUT2D eigenvalue weighted by molar-refractivity contribution is 0.191. The summed E-state index contributed by atoms with van der Waals surface area (Å²) in [5, 5.41) is 16.2. The summed E-state index contributed by atoms with van der Waals surface area (Å²) >= 11 is 0. The molecule has 2 rings (SSSR count). The Morgan fingerprint density at radius 1 is 1.57 bits per heavy atom. The van der Waals surface area contributed by atoms with Crippen molar-refractivity contribution in [2.24, 2.45) is 0 Å². The highest BCUT2D eigenvalue weighted by atomic mass is 16.5. The van der Waals surface area contributed by atoms with E-state index in [-0.39, 0.29) is 12.1 Å². The van der Waals surface area contributed by atoms with E-state index in [1.165, 1.54) is 0 Å². The van der Waals surface area contributed by atoms with Crippen LogP contribution in [0, 0.1) is 0 Å². The second kappa shape index (κ2) is 3.55. The summed E-state index contributed by atoms with van der Waals surface area (Å²) < 4.78 is 5.08. The maximum absolute atomic E-state index is 9.31. The fourth-order valence-electron chi connectivity index (χ4n) is 1.46. The predicted molar refractivity (Wildman–Crippen MR) is 50.0 cm³/mol. The highest BCUT2D eigenvalue weighted by Gasteiger charge is 2.28. The summed E-state index contributed by atoms with van der Waals surface area (Å²) in [4.78, 5) is 5.98. The Kier molecular flexibility index (Phi) is 2.39. The topological polar surface area (TPSA) is 74.4 Å². The van der Waals surface area contributed by atoms with E-state index in [1.807, 2.05) is 14.1 Å². The van der Waals surface area contributed by atoms with Crippen molar-refractivity contribution in [1.82, 2.24) is 15.5 Å². The van der Waals surface area contributed by atoms with E-state index in [4.69, 9.17) is 4.52 Å². The van der Waals surface area contributed by atoms with Gasteiger partial charge in [0.15, 0.2) is 0 Å². The smallest absolute Gasteiger partial charge is 0.265 e. The molecule has 1 aliphatic rings. The number of hydrogen-bond acceptors (Lipinski definition) is 6. The van der Waals surface area contributed by atoms with Gasteiger partial charge in [0, 0.05) is 20.6 Å². The number of aliphatic hydroxyl groups is 1. The quantitative estimate of drug-likeness (QED) is 0.669. The van der Waals surface area contributed by atoms with E-state index in [0.29, 0.717) is 24.8 Å². The lowest BCUT2D eigenvalue weighted by Crippen LogP contribution is -2.15. The number of nitrogens with zero attached hydrogens (tertiary/aromatic N) is 3. The van der Waals surface area contributed by atoms with Gasteiger partial charge in [0.1, 0.15) is 0 Å². The van der Waals surface area contributed by atoms with Crippen LogP contribution < -0.4 is 10.2 Å². The van der Waals surface area contributed by atoms with Gasteiger partial charge in [-0.05, 0) is 11.6 Å². The molecule has 14 heavy (non-hydrogen) atoms. The maximum Gasteiger partial charge on any atom is 0.265 e. The van der Waals surface area contributed by atoms with Crippen molar-refractivity contribution in [3.8, 4) is 0 Å². The highest BCUT2D eigenvalue weighted by Crippen LogP contribution is 2.22. The number of β-amino-alcohol motifs (C(OH)–C–C–N with tert-alkyl or cyclic N) is 1. The van der Waals surface area contributed by atoms with Gasteiger partial charge in [-0.1, -0.05) is 0 Å². The van der Waals surface area contributed by atoms with Gasteiger partial charge in [0.05, 0.1) is 12.1 Å². The summed E-state index contributed by atoms with van der Waals surface area (Å²) in [5.74, 6) is 1.11. The lowest BCUT2D eigenvalue weighted by atomic mass is 10.2. The minimum absolute atomic E-state index is 0.00815. The first-order valence-electron chi connectivity index (χ1n) is 4.59. The Bertz CT molecular complexity index is 312. The SMILES string of the molecule is CN(C)c1noc([C@@H]2CC(O)CN2)n1. The molecule has 1 unspecified atom stereocenters. The van der Waals surface area contributed by atoms with E-state index in [9.17, 15) is 5.11 Å². The first kappa shape index (κ1) is 9.42. The normalized spacial score (nSPS) is 26.8. The van der Waals surface area contributed by atoms with Crippen molar-refractivity contribution in [2.45, 2.75) is 18.6 Å². The Labute approximate surface area is 81.9 Å². The van der Waals surface area contributed by atoms with Crippen LogP contribution in [0.25, 0.3) is 0 Å². The van der Waals surface area contributed by atoms with Gasteiger partial charge in [0.25, 0.3) is 5.95 Å². The molecule has 0 aliphatic carbocycles. The third kappa shape index (κ3) is 1.71. The molecule has 78 valence electrons. The molecule has 0 spiro atoms. The fourth-order valence-corrected chi connectivity index (χ4v) is 1.46. The van der Waals surface area contributed by atoms with Gasteiger partial charge in [-0.25, -0.2) is 0 Å². The second-order valence-corrected chi connectivity index (χ2v) is 3.68. The zero-order valence-corrected chi connectivity index (χ0v) is 8.27. The van der Waals surface area contributed by atoms with E-state index in [1.54, 1.807) is 4.90 Å². The zero-order chi connectivity index (χ0) is 10.1. The average Bonchev–Trinajstić information content (AvgIpc) is 2.70. The molecule has 0 bridgehead atoms. The molecule has 0 saturated carbocycles. The molecule has 6 nitrogen and oxygen atoms in total. The van der Waals surface area contributed by atoms with Crippen LogP contribution in [0.15, 0.2) is 4.52 Å². The molecular formula is C8H14N4O2. The third-order valence-corrected chi connectivity index (χ3v) is 2.24. The van der Waals surface area contributed by atoms with Crippen molar-refractivity contribution in [3.63, 3.8) is 0 Å². The van der Waals surface area contributed by atoms with E-state index < -0.39 is 0 Å². The van der Waals surface area contributed by atoms with Crippen LogP contribution in [0.3, 0.4) is 0 Å². The average molecular weight is 198 g/mol. The molecule has 0 aromatic carbocycles. The molecular weight excluding hydrogens is 184 g/mol. The van der Waals surface area contributed by atoms with Crippen molar-refractivity contribution in [2.75, 3.05) is 25.5 Å².